The van der Waals surface area contributed by atoms with Crippen LogP contribution in [0.3, 0.4) is 0 Å². The number of fused-ring (bicyclic) bond motifs is 1. The molecule has 1 aromatic carbocycles. The summed E-state index contributed by atoms with van der Waals surface area (Å²) >= 11 is 0. The van der Waals surface area contributed by atoms with Crippen LogP contribution in [0.2, 0.25) is 0 Å². The van der Waals surface area contributed by atoms with Crippen molar-refractivity contribution in [1.29, 1.82) is 0 Å². The molecule has 1 amide bonds. The Bertz CT molecular complexity index is 538. The van der Waals surface area contributed by atoms with Gasteiger partial charge >= 0.3 is 0 Å². The van der Waals surface area contributed by atoms with Gasteiger partial charge in [-0.1, -0.05) is 17.9 Å². The monoisotopic (exact) mass is 228 g/mol. The van der Waals surface area contributed by atoms with Crippen LogP contribution in [-0.4, -0.2) is 25.3 Å². The fraction of sp³-hybridized carbons (Fsp3) is 0.231. The van der Waals surface area contributed by atoms with Crippen LogP contribution >= 0.6 is 0 Å². The molecule has 2 rings (SSSR count). The second-order valence-corrected chi connectivity index (χ2v) is 3.67. The van der Waals surface area contributed by atoms with Crippen LogP contribution in [0.5, 0.6) is 0 Å². The molecule has 1 aliphatic heterocycles. The summed E-state index contributed by atoms with van der Waals surface area (Å²) in [5.41, 5.74) is 1.65. The van der Waals surface area contributed by atoms with Gasteiger partial charge in [-0.05, 0) is 19.2 Å². The smallest absolute Gasteiger partial charge is 0.296 e. The predicted octanol–water partition coefficient (Wildman–Crippen LogP) is 0.782. The molecule has 4 nitrogen and oxygen atoms in total. The molecule has 0 aromatic heterocycles. The van der Waals surface area contributed by atoms with Gasteiger partial charge in [-0.15, -0.1) is 0 Å². The fourth-order valence-electron chi connectivity index (χ4n) is 1.62. The van der Waals surface area contributed by atoms with Gasteiger partial charge in [-0.25, -0.2) is 0 Å². The van der Waals surface area contributed by atoms with Gasteiger partial charge in [0.2, 0.25) is 0 Å². The lowest BCUT2D eigenvalue weighted by molar-refractivity contribution is -0.112. The van der Waals surface area contributed by atoms with Crippen molar-refractivity contribution in [1.82, 2.24) is 5.32 Å². The third-order valence-electron chi connectivity index (χ3n) is 2.48. The topological polar surface area (TPSA) is 58.2 Å². The molecule has 17 heavy (non-hydrogen) atoms. The lowest BCUT2D eigenvalue weighted by atomic mass is 10.1. The van der Waals surface area contributed by atoms with E-state index >= 15 is 0 Å². The minimum Gasteiger partial charge on any atom is -0.319 e. The number of nitrogens with one attached hydrogen (secondary N) is 2. The van der Waals surface area contributed by atoms with Crippen molar-refractivity contribution in [3.63, 3.8) is 0 Å². The third kappa shape index (κ3) is 2.19. The number of anilines is 1. The zero-order valence-electron chi connectivity index (χ0n) is 9.46. The maximum Gasteiger partial charge on any atom is 0.296 e. The minimum atomic E-state index is -0.579. The van der Waals surface area contributed by atoms with Crippen LogP contribution in [0, 0.1) is 11.8 Å². The molecule has 0 aliphatic carbocycles. The van der Waals surface area contributed by atoms with E-state index in [9.17, 15) is 9.59 Å². The number of rotatable bonds is 2. The molecular formula is C13H12N2O2. The maximum atomic E-state index is 11.5. The Morgan fingerprint density at radius 3 is 2.94 bits per heavy atom. The fourth-order valence-corrected chi connectivity index (χ4v) is 1.62. The Morgan fingerprint density at radius 1 is 1.35 bits per heavy atom. The largest absolute Gasteiger partial charge is 0.319 e. The van der Waals surface area contributed by atoms with E-state index in [1.165, 1.54) is 0 Å². The van der Waals surface area contributed by atoms with E-state index in [0.717, 1.165) is 13.0 Å². The van der Waals surface area contributed by atoms with E-state index in [1.54, 1.807) is 18.2 Å². The van der Waals surface area contributed by atoms with Crippen molar-refractivity contribution >= 4 is 17.4 Å². The zero-order valence-corrected chi connectivity index (χ0v) is 9.46. The van der Waals surface area contributed by atoms with Gasteiger partial charge in [0.15, 0.2) is 0 Å². The first kappa shape index (κ1) is 11.4. The van der Waals surface area contributed by atoms with Gasteiger partial charge < -0.3 is 10.6 Å². The van der Waals surface area contributed by atoms with Crippen molar-refractivity contribution < 1.29 is 9.59 Å². The van der Waals surface area contributed by atoms with Crippen LogP contribution in [0.25, 0.3) is 0 Å². The van der Waals surface area contributed by atoms with Gasteiger partial charge in [-0.2, -0.15) is 0 Å². The van der Waals surface area contributed by atoms with Crippen molar-refractivity contribution in [2.75, 3.05) is 18.9 Å². The highest BCUT2D eigenvalue weighted by Gasteiger charge is 2.29. The molecule has 1 heterocycles. The summed E-state index contributed by atoms with van der Waals surface area (Å²) in [6.07, 6.45) is 0.724. The van der Waals surface area contributed by atoms with E-state index in [0.29, 0.717) is 16.8 Å². The molecule has 0 spiro atoms. The number of benzene rings is 1. The van der Waals surface area contributed by atoms with E-state index in [-0.39, 0.29) is 0 Å². The van der Waals surface area contributed by atoms with E-state index in [1.807, 2.05) is 7.05 Å². The molecule has 86 valence electrons. The van der Waals surface area contributed by atoms with Crippen LogP contribution in [0.1, 0.15) is 22.3 Å². The summed E-state index contributed by atoms with van der Waals surface area (Å²) in [5, 5.41) is 5.54. The van der Waals surface area contributed by atoms with Gasteiger partial charge in [0, 0.05) is 18.5 Å². The van der Waals surface area contributed by atoms with Crippen LogP contribution < -0.4 is 10.6 Å². The summed E-state index contributed by atoms with van der Waals surface area (Å²) in [4.78, 5) is 22.7. The Morgan fingerprint density at radius 2 is 2.18 bits per heavy atom. The molecule has 4 heteroatoms. The highest BCUT2D eigenvalue weighted by Crippen LogP contribution is 2.26. The first-order valence-corrected chi connectivity index (χ1v) is 5.36. The molecule has 0 saturated carbocycles. The summed E-state index contributed by atoms with van der Waals surface area (Å²) in [6, 6.07) is 5.16. The standard InChI is InChI=1S/C13H12N2O2/c1-14-8-3-2-5-9-6-4-7-10-11(9)15-13(17)12(10)16/h4,6-7,14H,3,8H2,1H3,(H,15,16,17). The second kappa shape index (κ2) is 4.81. The number of carbonyl (C=O) groups excluding carboxylic acids is 2. The number of carbonyl (C=O) groups is 2. The third-order valence-corrected chi connectivity index (χ3v) is 2.48. The van der Waals surface area contributed by atoms with Gasteiger partial charge in [-0.3, -0.25) is 9.59 Å². The molecule has 0 bridgehead atoms. The molecular weight excluding hydrogens is 216 g/mol. The molecule has 2 N–H and O–H groups in total. The highest BCUT2D eigenvalue weighted by atomic mass is 16.2. The van der Waals surface area contributed by atoms with Crippen LogP contribution in [0.15, 0.2) is 18.2 Å². The Labute approximate surface area is 99.4 Å². The molecule has 0 saturated heterocycles. The van der Waals surface area contributed by atoms with Gasteiger partial charge in [0.1, 0.15) is 0 Å². The van der Waals surface area contributed by atoms with E-state index in [2.05, 4.69) is 22.5 Å². The lowest BCUT2D eigenvalue weighted by Crippen LogP contribution is -2.12. The van der Waals surface area contributed by atoms with Crippen LogP contribution in [-0.2, 0) is 4.79 Å². The van der Waals surface area contributed by atoms with Crippen molar-refractivity contribution in [3.8, 4) is 11.8 Å². The van der Waals surface area contributed by atoms with E-state index < -0.39 is 11.7 Å². The van der Waals surface area contributed by atoms with Crippen LogP contribution in [0.4, 0.5) is 5.69 Å². The number of para-hydroxylation sites is 1. The van der Waals surface area contributed by atoms with Gasteiger partial charge in [0.05, 0.1) is 11.3 Å². The Kier molecular flexibility index (Phi) is 3.22. The Hall–Kier alpha value is -2.12. The minimum absolute atomic E-state index is 0.412. The molecule has 0 atom stereocenters. The molecule has 0 radical (unpaired) electrons. The average molecular weight is 228 g/mol. The van der Waals surface area contributed by atoms with Crippen molar-refractivity contribution in [2.24, 2.45) is 0 Å². The number of amides is 1. The van der Waals surface area contributed by atoms with E-state index in [4.69, 9.17) is 0 Å². The summed E-state index contributed by atoms with van der Waals surface area (Å²) in [7, 11) is 1.86. The SMILES string of the molecule is CNCCC#Cc1cccc2c1NC(=O)C2=O. The molecule has 0 fully saturated rings. The molecule has 0 unspecified atom stereocenters. The summed E-state index contributed by atoms with van der Waals surface area (Å²) in [6.45, 7) is 0.813. The quantitative estimate of drug-likeness (QED) is 0.447. The van der Waals surface area contributed by atoms with Crippen molar-refractivity contribution in [3.05, 3.63) is 29.3 Å². The highest BCUT2D eigenvalue weighted by molar-refractivity contribution is 6.51. The van der Waals surface area contributed by atoms with Crippen molar-refractivity contribution in [2.45, 2.75) is 6.42 Å². The van der Waals surface area contributed by atoms with Gasteiger partial charge in [0.25, 0.3) is 11.7 Å². The predicted molar refractivity (Wildman–Crippen MR) is 64.8 cm³/mol. The molecule has 1 aliphatic rings. The average Bonchev–Trinajstić information content (AvgIpc) is 2.62. The number of Topliss-reactive ketones (excluding diaryl/α,β-unsaturated/α-hetero) is 1. The second-order valence-electron chi connectivity index (χ2n) is 3.67. The summed E-state index contributed by atoms with van der Waals surface area (Å²) in [5.74, 6) is 4.88. The number of hydrogen-bond acceptors (Lipinski definition) is 3. The zero-order chi connectivity index (χ0) is 12.3. The lowest BCUT2D eigenvalue weighted by Gasteiger charge is -1.99. The summed E-state index contributed by atoms with van der Waals surface area (Å²) < 4.78 is 0. The first-order chi connectivity index (χ1) is 8.24. The first-order valence-electron chi connectivity index (χ1n) is 5.36. The number of hydrogen-bond donors (Lipinski definition) is 2. The normalized spacial score (nSPS) is 12.8. The number of ketones is 1. The molecule has 1 aromatic rings. The maximum absolute atomic E-state index is 11.5. The Balaban J connectivity index is 2.28.